The average molecular weight is 169 g/mol. The molecule has 0 spiro atoms. The lowest BCUT2D eigenvalue weighted by atomic mass is 10.2. The number of rotatable bonds is 4. The van der Waals surface area contributed by atoms with Crippen LogP contribution in [0.15, 0.2) is 0 Å². The van der Waals surface area contributed by atoms with Crippen molar-refractivity contribution in [3.63, 3.8) is 0 Å². The highest BCUT2D eigenvalue weighted by molar-refractivity contribution is 4.88. The van der Waals surface area contributed by atoms with Crippen molar-refractivity contribution in [1.82, 2.24) is 5.32 Å². The molecule has 2 fully saturated rings. The van der Waals surface area contributed by atoms with Gasteiger partial charge in [-0.3, -0.25) is 5.32 Å². The van der Waals surface area contributed by atoms with Crippen molar-refractivity contribution >= 4 is 0 Å². The summed E-state index contributed by atoms with van der Waals surface area (Å²) >= 11 is 0. The molecule has 2 heteroatoms. The second-order valence-corrected chi connectivity index (χ2v) is 4.04. The van der Waals surface area contributed by atoms with E-state index < -0.39 is 0 Å². The molecule has 0 amide bonds. The monoisotopic (exact) mass is 169 g/mol. The zero-order valence-electron chi connectivity index (χ0n) is 7.88. The van der Waals surface area contributed by atoms with Gasteiger partial charge in [-0.2, -0.15) is 0 Å². The lowest BCUT2D eigenvalue weighted by molar-refractivity contribution is 0.0224. The fourth-order valence-corrected chi connectivity index (χ4v) is 2.04. The second kappa shape index (κ2) is 3.75. The van der Waals surface area contributed by atoms with Gasteiger partial charge in [0.15, 0.2) is 0 Å². The Kier molecular flexibility index (Phi) is 2.66. The minimum absolute atomic E-state index is 0.386. The Morgan fingerprint density at radius 2 is 2.42 bits per heavy atom. The summed E-state index contributed by atoms with van der Waals surface area (Å²) in [6.45, 7) is 3.40. The maximum Gasteiger partial charge on any atom is 0.108 e. The van der Waals surface area contributed by atoms with Crippen LogP contribution < -0.4 is 5.32 Å². The van der Waals surface area contributed by atoms with Gasteiger partial charge in [-0.15, -0.1) is 0 Å². The number of hydrogen-bond donors (Lipinski definition) is 1. The second-order valence-electron chi connectivity index (χ2n) is 4.04. The lowest BCUT2D eigenvalue weighted by Crippen LogP contribution is -2.25. The molecule has 0 bridgehead atoms. The van der Waals surface area contributed by atoms with Crippen LogP contribution in [-0.4, -0.2) is 18.9 Å². The van der Waals surface area contributed by atoms with E-state index in [0.29, 0.717) is 12.3 Å². The molecule has 12 heavy (non-hydrogen) atoms. The first-order valence-electron chi connectivity index (χ1n) is 5.29. The van der Waals surface area contributed by atoms with Gasteiger partial charge in [-0.05, 0) is 38.1 Å². The molecule has 3 atom stereocenters. The molecule has 1 aliphatic carbocycles. The van der Waals surface area contributed by atoms with Crippen molar-refractivity contribution in [2.24, 2.45) is 5.92 Å². The van der Waals surface area contributed by atoms with Gasteiger partial charge in [-0.25, -0.2) is 0 Å². The summed E-state index contributed by atoms with van der Waals surface area (Å²) < 4.78 is 5.88. The van der Waals surface area contributed by atoms with Crippen LogP contribution in [0.25, 0.3) is 0 Å². The van der Waals surface area contributed by atoms with E-state index >= 15 is 0 Å². The predicted octanol–water partition coefficient (Wildman–Crippen LogP) is 1.90. The van der Waals surface area contributed by atoms with Gasteiger partial charge in [0.25, 0.3) is 0 Å². The van der Waals surface area contributed by atoms with Gasteiger partial charge < -0.3 is 4.74 Å². The molecule has 0 aromatic rings. The molecule has 3 unspecified atom stereocenters. The summed E-state index contributed by atoms with van der Waals surface area (Å²) in [6.07, 6.45) is 7.47. The van der Waals surface area contributed by atoms with Gasteiger partial charge in [0, 0.05) is 0 Å². The van der Waals surface area contributed by atoms with Crippen LogP contribution in [-0.2, 0) is 4.74 Å². The summed E-state index contributed by atoms with van der Waals surface area (Å²) in [5, 5.41) is 3.37. The number of ether oxygens (including phenoxy) is 1. The third-order valence-corrected chi connectivity index (χ3v) is 2.87. The average Bonchev–Trinajstić information content (AvgIpc) is 2.62. The van der Waals surface area contributed by atoms with Crippen LogP contribution >= 0.6 is 0 Å². The van der Waals surface area contributed by atoms with Crippen molar-refractivity contribution in [2.45, 2.75) is 51.4 Å². The minimum Gasteiger partial charge on any atom is -0.360 e. The van der Waals surface area contributed by atoms with Gasteiger partial charge in [0.2, 0.25) is 0 Å². The molecule has 0 radical (unpaired) electrons. The summed E-state index contributed by atoms with van der Waals surface area (Å²) in [5.41, 5.74) is 0. The molecule has 1 N–H and O–H groups in total. The molecule has 0 aromatic heterocycles. The molecule has 1 saturated carbocycles. The fraction of sp³-hybridized carbons (Fsp3) is 1.00. The molecular weight excluding hydrogens is 150 g/mol. The van der Waals surface area contributed by atoms with Crippen molar-refractivity contribution in [2.75, 3.05) is 6.54 Å². The van der Waals surface area contributed by atoms with E-state index in [1.807, 2.05) is 0 Å². The number of hydrogen-bond acceptors (Lipinski definition) is 2. The molecule has 1 aliphatic heterocycles. The smallest absolute Gasteiger partial charge is 0.108 e. The van der Waals surface area contributed by atoms with E-state index in [-0.39, 0.29) is 0 Å². The minimum atomic E-state index is 0.386. The fourth-order valence-electron chi connectivity index (χ4n) is 2.04. The van der Waals surface area contributed by atoms with Crippen LogP contribution in [0.1, 0.15) is 39.0 Å². The zero-order valence-corrected chi connectivity index (χ0v) is 7.88. The van der Waals surface area contributed by atoms with E-state index in [1.165, 1.54) is 32.1 Å². The Morgan fingerprint density at radius 1 is 1.50 bits per heavy atom. The predicted molar refractivity (Wildman–Crippen MR) is 48.9 cm³/mol. The normalized spacial score (nSPS) is 40.2. The largest absolute Gasteiger partial charge is 0.360 e. The zero-order chi connectivity index (χ0) is 8.39. The quantitative estimate of drug-likeness (QED) is 0.694. The first kappa shape index (κ1) is 8.52. The van der Waals surface area contributed by atoms with Crippen molar-refractivity contribution in [3.05, 3.63) is 0 Å². The Labute approximate surface area is 74.7 Å². The molecule has 2 nitrogen and oxygen atoms in total. The standard InChI is InChI=1S/C10H19NO/c1-2-4-8-7-9(8)12-10-5-3-6-11-10/h8-11H,2-7H2,1H3. The first-order chi connectivity index (χ1) is 5.90. The molecule has 2 rings (SSSR count). The molecule has 70 valence electrons. The highest BCUT2D eigenvalue weighted by atomic mass is 16.5. The van der Waals surface area contributed by atoms with Crippen LogP contribution in [0.3, 0.4) is 0 Å². The summed E-state index contributed by atoms with van der Waals surface area (Å²) in [5.74, 6) is 0.886. The van der Waals surface area contributed by atoms with Gasteiger partial charge >= 0.3 is 0 Å². The third-order valence-electron chi connectivity index (χ3n) is 2.87. The molecular formula is C10H19NO. The van der Waals surface area contributed by atoms with Crippen LogP contribution in [0.5, 0.6) is 0 Å². The van der Waals surface area contributed by atoms with Crippen LogP contribution in [0.4, 0.5) is 0 Å². The van der Waals surface area contributed by atoms with Crippen LogP contribution in [0.2, 0.25) is 0 Å². The maximum atomic E-state index is 5.88. The summed E-state index contributed by atoms with van der Waals surface area (Å²) in [6, 6.07) is 0. The highest BCUT2D eigenvalue weighted by Crippen LogP contribution is 2.38. The van der Waals surface area contributed by atoms with E-state index in [2.05, 4.69) is 12.2 Å². The Morgan fingerprint density at radius 3 is 3.08 bits per heavy atom. The van der Waals surface area contributed by atoms with Gasteiger partial charge in [0.05, 0.1) is 6.10 Å². The van der Waals surface area contributed by atoms with E-state index in [4.69, 9.17) is 4.74 Å². The molecule has 2 aliphatic rings. The van der Waals surface area contributed by atoms with Gasteiger partial charge in [-0.1, -0.05) is 13.3 Å². The van der Waals surface area contributed by atoms with E-state index in [1.54, 1.807) is 0 Å². The maximum absolute atomic E-state index is 5.88. The summed E-state index contributed by atoms with van der Waals surface area (Å²) in [7, 11) is 0. The van der Waals surface area contributed by atoms with Crippen molar-refractivity contribution < 1.29 is 4.74 Å². The Bertz CT molecular complexity index is 143. The lowest BCUT2D eigenvalue weighted by Gasteiger charge is -2.10. The SMILES string of the molecule is CCCC1CC1OC1CCCN1. The molecule has 1 heterocycles. The Balaban J connectivity index is 1.62. The van der Waals surface area contributed by atoms with Crippen molar-refractivity contribution in [1.29, 1.82) is 0 Å². The summed E-state index contributed by atoms with van der Waals surface area (Å²) in [4.78, 5) is 0. The molecule has 0 aromatic carbocycles. The van der Waals surface area contributed by atoms with Gasteiger partial charge in [0.1, 0.15) is 6.23 Å². The number of nitrogens with one attached hydrogen (secondary N) is 1. The van der Waals surface area contributed by atoms with Crippen molar-refractivity contribution in [3.8, 4) is 0 Å². The Hall–Kier alpha value is -0.0800. The first-order valence-corrected chi connectivity index (χ1v) is 5.29. The van der Waals surface area contributed by atoms with E-state index in [0.717, 1.165) is 12.5 Å². The highest BCUT2D eigenvalue weighted by Gasteiger charge is 2.39. The molecule has 1 saturated heterocycles. The van der Waals surface area contributed by atoms with Crippen LogP contribution in [0, 0.1) is 5.92 Å². The van der Waals surface area contributed by atoms with E-state index in [9.17, 15) is 0 Å². The topological polar surface area (TPSA) is 21.3 Å². The third kappa shape index (κ3) is 1.99.